The Hall–Kier alpha value is -0.420. The summed E-state index contributed by atoms with van der Waals surface area (Å²) in [5.41, 5.74) is -0.618. The van der Waals surface area contributed by atoms with E-state index in [1.807, 2.05) is 19.1 Å². The molecule has 3 nitrogen and oxygen atoms in total. The molecule has 0 bridgehead atoms. The molecule has 0 aliphatic heterocycles. The van der Waals surface area contributed by atoms with E-state index in [0.29, 0.717) is 5.02 Å². The Kier molecular flexibility index (Phi) is 7.88. The van der Waals surface area contributed by atoms with Gasteiger partial charge in [0.05, 0.1) is 12.1 Å². The van der Waals surface area contributed by atoms with Gasteiger partial charge in [0.1, 0.15) is 5.54 Å². The van der Waals surface area contributed by atoms with Gasteiger partial charge < -0.3 is 10.1 Å². The number of unbranched alkanes of at least 4 members (excludes halogenated alkanes) is 1. The van der Waals surface area contributed by atoms with Crippen molar-refractivity contribution in [2.75, 3.05) is 19.9 Å². The predicted octanol–water partition coefficient (Wildman–Crippen LogP) is 4.41. The third-order valence-electron chi connectivity index (χ3n) is 3.41. The molecule has 0 saturated heterocycles. The van der Waals surface area contributed by atoms with Gasteiger partial charge in [0.2, 0.25) is 0 Å². The molecule has 0 aliphatic carbocycles. The number of likely N-dealkylation sites (N-methyl/N-ethyl adjacent to an activating group) is 1. The minimum absolute atomic E-state index is 0.226. The quantitative estimate of drug-likeness (QED) is 0.428. The molecule has 0 amide bonds. The number of rotatable bonds is 8. The predicted molar refractivity (Wildman–Crippen MR) is 90.5 cm³/mol. The number of ether oxygens (including phenoxy) is 1. The molecule has 1 unspecified atom stereocenters. The fraction of sp³-hybridized carbons (Fsp3) is 0.533. The van der Waals surface area contributed by atoms with Crippen molar-refractivity contribution < 1.29 is 9.53 Å². The first kappa shape index (κ1) is 18.6. The molecule has 1 rings (SSSR count). The van der Waals surface area contributed by atoms with E-state index in [0.717, 1.165) is 34.9 Å². The molecule has 1 aromatic carbocycles. The molecule has 0 aliphatic rings. The summed E-state index contributed by atoms with van der Waals surface area (Å²) in [6.45, 7) is 1.86. The normalized spacial score (nSPS) is 13.8. The minimum atomic E-state index is -0.618. The highest BCUT2D eigenvalue weighted by atomic mass is 35.5. The van der Waals surface area contributed by atoms with Gasteiger partial charge in [0, 0.05) is 9.92 Å². The summed E-state index contributed by atoms with van der Waals surface area (Å²) >= 11 is 13.7. The van der Waals surface area contributed by atoms with Crippen LogP contribution in [-0.4, -0.2) is 31.4 Å². The van der Waals surface area contributed by atoms with Gasteiger partial charge in [-0.25, -0.2) is 0 Å². The first-order valence-corrected chi connectivity index (χ1v) is 8.52. The van der Waals surface area contributed by atoms with Crippen LogP contribution in [-0.2, 0) is 9.53 Å². The molecule has 0 heterocycles. The number of nitrogens with one attached hydrogen (secondary N) is 1. The number of esters is 1. The van der Waals surface area contributed by atoms with Crippen molar-refractivity contribution in [1.29, 1.82) is 0 Å². The lowest BCUT2D eigenvalue weighted by molar-refractivity contribution is -0.148. The van der Waals surface area contributed by atoms with Crippen molar-refractivity contribution in [3.05, 3.63) is 28.2 Å². The second-order valence-corrected chi connectivity index (χ2v) is 6.93. The summed E-state index contributed by atoms with van der Waals surface area (Å²) in [6, 6.07) is 5.46. The molecule has 118 valence electrons. The van der Waals surface area contributed by atoms with Crippen LogP contribution in [0.4, 0.5) is 0 Å². The Balaban J connectivity index is 2.37. The maximum atomic E-state index is 11.7. The zero-order valence-corrected chi connectivity index (χ0v) is 14.9. The van der Waals surface area contributed by atoms with E-state index in [1.165, 1.54) is 7.11 Å². The molecular formula is C15H21Cl2NO2S. The van der Waals surface area contributed by atoms with Gasteiger partial charge in [-0.05, 0) is 50.8 Å². The van der Waals surface area contributed by atoms with E-state index in [-0.39, 0.29) is 5.97 Å². The van der Waals surface area contributed by atoms with Crippen LogP contribution in [0.5, 0.6) is 0 Å². The number of benzene rings is 1. The van der Waals surface area contributed by atoms with Crippen LogP contribution < -0.4 is 5.32 Å². The lowest BCUT2D eigenvalue weighted by atomic mass is 9.95. The molecule has 0 fully saturated rings. The highest BCUT2D eigenvalue weighted by molar-refractivity contribution is 7.99. The highest BCUT2D eigenvalue weighted by Gasteiger charge is 2.31. The van der Waals surface area contributed by atoms with Crippen LogP contribution in [0.25, 0.3) is 0 Å². The van der Waals surface area contributed by atoms with Crippen LogP contribution >= 0.6 is 35.0 Å². The standard InChI is InChI=1S/C15H21Cl2NO2S/c1-15(18-2,14(19)20-3)8-4-5-9-21-13-10-11(16)6-7-12(13)17/h6-7,10,18H,4-5,8-9H2,1-3H3. The third-order valence-corrected chi connectivity index (χ3v) is 5.23. The fourth-order valence-electron chi connectivity index (χ4n) is 1.90. The summed E-state index contributed by atoms with van der Waals surface area (Å²) in [5.74, 6) is 0.705. The SMILES string of the molecule is CNC(C)(CCCCSc1cc(Cl)ccc1Cl)C(=O)OC. The van der Waals surface area contributed by atoms with E-state index in [9.17, 15) is 4.79 Å². The first-order chi connectivity index (χ1) is 9.92. The average Bonchev–Trinajstić information content (AvgIpc) is 2.49. The molecule has 0 saturated carbocycles. The van der Waals surface area contributed by atoms with E-state index in [4.69, 9.17) is 27.9 Å². The molecule has 21 heavy (non-hydrogen) atoms. The van der Waals surface area contributed by atoms with E-state index < -0.39 is 5.54 Å². The average molecular weight is 350 g/mol. The van der Waals surface area contributed by atoms with Crippen molar-refractivity contribution in [3.8, 4) is 0 Å². The molecule has 1 aromatic rings. The maximum Gasteiger partial charge on any atom is 0.325 e. The summed E-state index contributed by atoms with van der Waals surface area (Å²) in [5, 5.41) is 4.45. The Morgan fingerprint density at radius 2 is 2.10 bits per heavy atom. The number of methoxy groups -OCH3 is 1. The number of thioether (sulfide) groups is 1. The van der Waals surface area contributed by atoms with Crippen molar-refractivity contribution in [2.45, 2.75) is 36.6 Å². The van der Waals surface area contributed by atoms with Crippen LogP contribution in [0.1, 0.15) is 26.2 Å². The number of halogens is 2. The van der Waals surface area contributed by atoms with Crippen LogP contribution in [0.2, 0.25) is 10.0 Å². The van der Waals surface area contributed by atoms with E-state index in [2.05, 4.69) is 5.32 Å². The number of hydrogen-bond acceptors (Lipinski definition) is 4. The van der Waals surface area contributed by atoms with Gasteiger partial charge in [-0.15, -0.1) is 11.8 Å². The van der Waals surface area contributed by atoms with Crippen LogP contribution in [0, 0.1) is 0 Å². The molecule has 1 atom stereocenters. The van der Waals surface area contributed by atoms with Gasteiger partial charge in [-0.3, -0.25) is 4.79 Å². The molecule has 6 heteroatoms. The van der Waals surface area contributed by atoms with Crippen molar-refractivity contribution in [1.82, 2.24) is 5.32 Å². The fourth-order valence-corrected chi connectivity index (χ4v) is 3.41. The summed E-state index contributed by atoms with van der Waals surface area (Å²) < 4.78 is 4.82. The van der Waals surface area contributed by atoms with E-state index >= 15 is 0 Å². The molecule has 0 radical (unpaired) electrons. The lowest BCUT2D eigenvalue weighted by Gasteiger charge is -2.25. The van der Waals surface area contributed by atoms with Crippen molar-refractivity contribution in [3.63, 3.8) is 0 Å². The minimum Gasteiger partial charge on any atom is -0.468 e. The highest BCUT2D eigenvalue weighted by Crippen LogP contribution is 2.30. The Labute approximate surface area is 140 Å². The Morgan fingerprint density at radius 3 is 2.71 bits per heavy atom. The monoisotopic (exact) mass is 349 g/mol. The van der Waals surface area contributed by atoms with Crippen molar-refractivity contribution >= 4 is 40.9 Å². The molecule has 0 aromatic heterocycles. The van der Waals surface area contributed by atoms with E-state index in [1.54, 1.807) is 24.9 Å². The summed E-state index contributed by atoms with van der Waals surface area (Å²) in [6.07, 6.45) is 2.65. The zero-order valence-electron chi connectivity index (χ0n) is 12.5. The number of carbonyl (C=O) groups is 1. The molecule has 0 spiro atoms. The lowest BCUT2D eigenvalue weighted by Crippen LogP contribution is -2.48. The van der Waals surface area contributed by atoms with Crippen LogP contribution in [0.3, 0.4) is 0 Å². The van der Waals surface area contributed by atoms with Gasteiger partial charge in [0.25, 0.3) is 0 Å². The number of carbonyl (C=O) groups excluding carboxylic acids is 1. The van der Waals surface area contributed by atoms with Gasteiger partial charge >= 0.3 is 5.97 Å². The van der Waals surface area contributed by atoms with Gasteiger partial charge in [0.15, 0.2) is 0 Å². The number of hydrogen-bond donors (Lipinski definition) is 1. The summed E-state index contributed by atoms with van der Waals surface area (Å²) in [4.78, 5) is 12.7. The third kappa shape index (κ3) is 5.70. The van der Waals surface area contributed by atoms with Crippen molar-refractivity contribution in [2.24, 2.45) is 0 Å². The second kappa shape index (κ2) is 8.89. The first-order valence-electron chi connectivity index (χ1n) is 6.78. The van der Waals surface area contributed by atoms with Gasteiger partial charge in [-0.2, -0.15) is 0 Å². The van der Waals surface area contributed by atoms with Crippen LogP contribution in [0.15, 0.2) is 23.1 Å². The molecule has 1 N–H and O–H groups in total. The smallest absolute Gasteiger partial charge is 0.325 e. The Morgan fingerprint density at radius 1 is 1.38 bits per heavy atom. The largest absolute Gasteiger partial charge is 0.468 e. The zero-order chi connectivity index (χ0) is 15.9. The van der Waals surface area contributed by atoms with Gasteiger partial charge in [-0.1, -0.05) is 29.6 Å². The summed E-state index contributed by atoms with van der Waals surface area (Å²) in [7, 11) is 3.19. The Bertz CT molecular complexity index is 485. The topological polar surface area (TPSA) is 38.3 Å². The maximum absolute atomic E-state index is 11.7. The molecular weight excluding hydrogens is 329 g/mol. The second-order valence-electron chi connectivity index (χ2n) is 4.95.